The van der Waals surface area contributed by atoms with E-state index >= 15 is 0 Å². The molecule has 0 aliphatic carbocycles. The van der Waals surface area contributed by atoms with Gasteiger partial charge >= 0.3 is 0 Å². The van der Waals surface area contributed by atoms with Gasteiger partial charge in [-0.15, -0.1) is 5.10 Å². The number of nitrogens with zero attached hydrogens (tertiary/aromatic N) is 2. The maximum Gasteiger partial charge on any atom is 0.233 e. The predicted octanol–water partition coefficient (Wildman–Crippen LogP) is 0.777. The molecule has 96 valence electrons. The van der Waals surface area contributed by atoms with E-state index in [4.69, 9.17) is 10.2 Å². The predicted molar refractivity (Wildman–Crippen MR) is 66.7 cm³/mol. The van der Waals surface area contributed by atoms with Crippen molar-refractivity contribution in [3.05, 3.63) is 24.2 Å². The second kappa shape index (κ2) is 5.58. The van der Waals surface area contributed by atoms with Crippen molar-refractivity contribution in [3.8, 4) is 0 Å². The average molecular weight is 267 g/mol. The first-order valence-corrected chi connectivity index (χ1v) is 6.18. The molecule has 1 amide bonds. The minimum atomic E-state index is -0.310. The summed E-state index contributed by atoms with van der Waals surface area (Å²) in [4.78, 5) is 15.7. The first kappa shape index (κ1) is 12.5. The van der Waals surface area contributed by atoms with Crippen LogP contribution in [0, 0.1) is 0 Å². The molecule has 8 heteroatoms. The molecule has 0 aromatic carbocycles. The summed E-state index contributed by atoms with van der Waals surface area (Å²) in [5.74, 6) is 0.836. The minimum Gasteiger partial charge on any atom is -0.467 e. The molecule has 4 N–H and O–H groups in total. The maximum atomic E-state index is 11.8. The van der Waals surface area contributed by atoms with Crippen LogP contribution in [0.15, 0.2) is 28.0 Å². The topological polar surface area (TPSA) is 110 Å². The van der Waals surface area contributed by atoms with Crippen LogP contribution in [0.1, 0.15) is 12.7 Å². The number of nitrogens with two attached hydrogens (primary N) is 1. The average Bonchev–Trinajstić information content (AvgIpc) is 2.97. The van der Waals surface area contributed by atoms with Crippen LogP contribution in [0.3, 0.4) is 0 Å². The number of H-pyrrole nitrogens is 1. The fourth-order valence-electron chi connectivity index (χ4n) is 1.25. The highest BCUT2D eigenvalue weighted by Gasteiger charge is 2.16. The highest BCUT2D eigenvalue weighted by Crippen LogP contribution is 2.19. The van der Waals surface area contributed by atoms with Gasteiger partial charge in [0.25, 0.3) is 0 Å². The lowest BCUT2D eigenvalue weighted by molar-refractivity contribution is -0.120. The zero-order valence-electron chi connectivity index (χ0n) is 9.71. The second-order valence-corrected chi connectivity index (χ2v) is 4.87. The second-order valence-electron chi connectivity index (χ2n) is 3.56. The Morgan fingerprint density at radius 3 is 3.17 bits per heavy atom. The van der Waals surface area contributed by atoms with Gasteiger partial charge in [-0.25, -0.2) is 5.10 Å². The van der Waals surface area contributed by atoms with Crippen LogP contribution in [-0.4, -0.2) is 26.3 Å². The quantitative estimate of drug-likeness (QED) is 0.690. The van der Waals surface area contributed by atoms with Gasteiger partial charge in [0.15, 0.2) is 0 Å². The van der Waals surface area contributed by atoms with Crippen LogP contribution in [-0.2, 0) is 11.3 Å². The van der Waals surface area contributed by atoms with Crippen molar-refractivity contribution in [2.75, 3.05) is 5.73 Å². The number of aromatic nitrogens is 3. The number of anilines is 1. The first-order chi connectivity index (χ1) is 8.65. The molecule has 0 radical (unpaired) electrons. The van der Waals surface area contributed by atoms with E-state index in [0.717, 1.165) is 0 Å². The molecule has 1 atom stereocenters. The minimum absolute atomic E-state index is 0.111. The van der Waals surface area contributed by atoms with Crippen molar-refractivity contribution in [2.45, 2.75) is 23.9 Å². The Kier molecular flexibility index (Phi) is 3.88. The smallest absolute Gasteiger partial charge is 0.233 e. The zero-order chi connectivity index (χ0) is 13.0. The molecular formula is C10H13N5O2S. The maximum absolute atomic E-state index is 11.8. The largest absolute Gasteiger partial charge is 0.467 e. The number of hydrogen-bond acceptors (Lipinski definition) is 6. The van der Waals surface area contributed by atoms with Crippen molar-refractivity contribution in [2.24, 2.45) is 0 Å². The van der Waals surface area contributed by atoms with E-state index in [1.807, 2.05) is 0 Å². The van der Waals surface area contributed by atoms with Crippen molar-refractivity contribution in [1.82, 2.24) is 20.5 Å². The lowest BCUT2D eigenvalue weighted by Gasteiger charge is -2.08. The fraction of sp³-hybridized carbons (Fsp3) is 0.300. The lowest BCUT2D eigenvalue weighted by atomic mass is 10.4. The summed E-state index contributed by atoms with van der Waals surface area (Å²) in [5.41, 5.74) is 5.40. The zero-order valence-corrected chi connectivity index (χ0v) is 10.5. The summed E-state index contributed by atoms with van der Waals surface area (Å²) in [6, 6.07) is 3.57. The van der Waals surface area contributed by atoms with E-state index in [2.05, 4.69) is 20.5 Å². The number of hydrogen-bond donors (Lipinski definition) is 3. The Hall–Kier alpha value is -1.96. The van der Waals surface area contributed by atoms with E-state index in [0.29, 0.717) is 17.5 Å². The molecule has 0 saturated carbocycles. The fourth-order valence-corrected chi connectivity index (χ4v) is 2.01. The van der Waals surface area contributed by atoms with Crippen LogP contribution in [0.4, 0.5) is 5.95 Å². The molecule has 18 heavy (non-hydrogen) atoms. The number of rotatable bonds is 5. The highest BCUT2D eigenvalue weighted by atomic mass is 32.2. The third-order valence-electron chi connectivity index (χ3n) is 2.15. The molecule has 1 unspecified atom stereocenters. The Morgan fingerprint density at radius 1 is 1.72 bits per heavy atom. The molecule has 0 aliphatic heterocycles. The molecule has 0 bridgehead atoms. The van der Waals surface area contributed by atoms with E-state index in [1.54, 1.807) is 25.3 Å². The molecule has 0 aliphatic rings. The van der Waals surface area contributed by atoms with Gasteiger partial charge in [0.05, 0.1) is 18.1 Å². The Labute approximate surface area is 108 Å². The van der Waals surface area contributed by atoms with E-state index in [-0.39, 0.29) is 17.1 Å². The van der Waals surface area contributed by atoms with Gasteiger partial charge in [0.1, 0.15) is 5.76 Å². The van der Waals surface area contributed by atoms with Gasteiger partial charge in [-0.2, -0.15) is 4.98 Å². The molecule has 0 fully saturated rings. The van der Waals surface area contributed by atoms with Crippen LogP contribution in [0.25, 0.3) is 0 Å². The number of nitrogen functional groups attached to an aromatic ring is 1. The number of thioether (sulfide) groups is 1. The third kappa shape index (κ3) is 3.27. The van der Waals surface area contributed by atoms with Crippen molar-refractivity contribution in [1.29, 1.82) is 0 Å². The number of aromatic amines is 1. The summed E-state index contributed by atoms with van der Waals surface area (Å²) < 4.78 is 5.12. The van der Waals surface area contributed by atoms with Gasteiger partial charge in [0.2, 0.25) is 17.0 Å². The van der Waals surface area contributed by atoms with Gasteiger partial charge in [0, 0.05) is 0 Å². The number of amides is 1. The molecule has 2 heterocycles. The van der Waals surface area contributed by atoms with Crippen molar-refractivity contribution < 1.29 is 9.21 Å². The summed E-state index contributed by atoms with van der Waals surface area (Å²) in [6.45, 7) is 2.14. The van der Waals surface area contributed by atoms with Crippen LogP contribution >= 0.6 is 11.8 Å². The summed E-state index contributed by atoms with van der Waals surface area (Å²) in [7, 11) is 0. The van der Waals surface area contributed by atoms with Gasteiger partial charge < -0.3 is 15.5 Å². The highest BCUT2D eigenvalue weighted by molar-refractivity contribution is 8.00. The monoisotopic (exact) mass is 267 g/mol. The summed E-state index contributed by atoms with van der Waals surface area (Å²) in [6.07, 6.45) is 1.57. The Morgan fingerprint density at radius 2 is 2.56 bits per heavy atom. The molecule has 2 aromatic heterocycles. The molecular weight excluding hydrogens is 254 g/mol. The SMILES string of the molecule is CC(Sc1n[nH]c(N)n1)C(=O)NCc1ccco1. The van der Waals surface area contributed by atoms with Gasteiger partial charge in [-0.1, -0.05) is 11.8 Å². The Bertz CT molecular complexity index is 510. The third-order valence-corrected chi connectivity index (χ3v) is 3.11. The molecule has 7 nitrogen and oxygen atoms in total. The van der Waals surface area contributed by atoms with E-state index < -0.39 is 0 Å². The standard InChI is InChI=1S/C10H13N5O2S/c1-6(18-10-13-9(11)14-15-10)8(16)12-5-7-3-2-4-17-7/h2-4,6H,5H2,1H3,(H,12,16)(H3,11,13,14,15). The van der Waals surface area contributed by atoms with Gasteiger partial charge in [-0.3, -0.25) is 4.79 Å². The number of carbonyl (C=O) groups excluding carboxylic acids is 1. The van der Waals surface area contributed by atoms with Crippen LogP contribution in [0.2, 0.25) is 0 Å². The molecule has 2 aromatic rings. The van der Waals surface area contributed by atoms with Crippen molar-refractivity contribution >= 4 is 23.6 Å². The van der Waals surface area contributed by atoms with Crippen LogP contribution < -0.4 is 11.1 Å². The molecule has 2 rings (SSSR count). The number of carbonyl (C=O) groups is 1. The number of nitrogens with one attached hydrogen (secondary N) is 2. The van der Waals surface area contributed by atoms with E-state index in [1.165, 1.54) is 11.8 Å². The summed E-state index contributed by atoms with van der Waals surface area (Å²) in [5, 5.41) is 9.27. The van der Waals surface area contributed by atoms with Gasteiger partial charge in [-0.05, 0) is 19.1 Å². The lowest BCUT2D eigenvalue weighted by Crippen LogP contribution is -2.30. The first-order valence-electron chi connectivity index (χ1n) is 5.30. The number of furan rings is 1. The normalized spacial score (nSPS) is 12.3. The molecule has 0 saturated heterocycles. The van der Waals surface area contributed by atoms with E-state index in [9.17, 15) is 4.79 Å². The summed E-state index contributed by atoms with van der Waals surface area (Å²) >= 11 is 1.23. The van der Waals surface area contributed by atoms with Crippen LogP contribution in [0.5, 0.6) is 0 Å². The Balaban J connectivity index is 1.81. The van der Waals surface area contributed by atoms with Crippen molar-refractivity contribution in [3.63, 3.8) is 0 Å². The molecule has 0 spiro atoms.